The Labute approximate surface area is 121 Å². The summed E-state index contributed by atoms with van der Waals surface area (Å²) < 4.78 is 0. The summed E-state index contributed by atoms with van der Waals surface area (Å²) in [6, 6.07) is 10.2. The highest BCUT2D eigenvalue weighted by molar-refractivity contribution is 5.91. The molecule has 20 heavy (non-hydrogen) atoms. The van der Waals surface area contributed by atoms with Crippen molar-refractivity contribution >= 4 is 12.0 Å². The third-order valence-electron chi connectivity index (χ3n) is 3.13. The van der Waals surface area contributed by atoms with Crippen LogP contribution in [0.3, 0.4) is 0 Å². The Morgan fingerprint density at radius 3 is 2.40 bits per heavy atom. The highest BCUT2D eigenvalue weighted by Crippen LogP contribution is 2.22. The highest BCUT2D eigenvalue weighted by atomic mass is 16.2. The maximum atomic E-state index is 11.8. The Morgan fingerprint density at radius 1 is 1.30 bits per heavy atom. The lowest BCUT2D eigenvalue weighted by Gasteiger charge is -2.18. The van der Waals surface area contributed by atoms with Crippen LogP contribution in [0.15, 0.2) is 30.3 Å². The van der Waals surface area contributed by atoms with E-state index in [0.29, 0.717) is 13.0 Å². The molecule has 0 fully saturated rings. The quantitative estimate of drug-likeness (QED) is 0.787. The predicted octanol–water partition coefficient (Wildman–Crippen LogP) is 3.37. The SMILES string of the molecule is CN(CCC#N)C(=O)/C=C/c1ccc(C(C)(C)C)cc1. The molecule has 0 saturated heterocycles. The highest BCUT2D eigenvalue weighted by Gasteiger charge is 2.12. The monoisotopic (exact) mass is 270 g/mol. The van der Waals surface area contributed by atoms with Gasteiger partial charge in [-0.25, -0.2) is 0 Å². The van der Waals surface area contributed by atoms with Crippen molar-refractivity contribution in [1.29, 1.82) is 5.26 Å². The zero-order valence-corrected chi connectivity index (χ0v) is 12.7. The Bertz CT molecular complexity index is 515. The molecule has 1 amide bonds. The van der Waals surface area contributed by atoms with Crippen molar-refractivity contribution in [2.24, 2.45) is 0 Å². The Kier molecular flexibility index (Phi) is 5.52. The first-order valence-corrected chi connectivity index (χ1v) is 6.75. The molecule has 3 heteroatoms. The number of carbonyl (C=O) groups is 1. The fourth-order valence-electron chi connectivity index (χ4n) is 1.72. The molecule has 3 nitrogen and oxygen atoms in total. The minimum atomic E-state index is -0.0832. The first kappa shape index (κ1) is 16.0. The van der Waals surface area contributed by atoms with Gasteiger partial charge >= 0.3 is 0 Å². The molecule has 0 aliphatic heterocycles. The van der Waals surface area contributed by atoms with Crippen LogP contribution in [-0.4, -0.2) is 24.4 Å². The average Bonchev–Trinajstić information content (AvgIpc) is 2.41. The van der Waals surface area contributed by atoms with Crippen LogP contribution in [0.1, 0.15) is 38.3 Å². The van der Waals surface area contributed by atoms with E-state index in [1.165, 1.54) is 5.56 Å². The van der Waals surface area contributed by atoms with Crippen LogP contribution in [-0.2, 0) is 10.2 Å². The van der Waals surface area contributed by atoms with Gasteiger partial charge in [0.2, 0.25) is 5.91 Å². The number of amides is 1. The van der Waals surface area contributed by atoms with Crippen molar-refractivity contribution in [2.45, 2.75) is 32.6 Å². The third-order valence-corrected chi connectivity index (χ3v) is 3.13. The van der Waals surface area contributed by atoms with E-state index in [-0.39, 0.29) is 11.3 Å². The maximum absolute atomic E-state index is 11.8. The van der Waals surface area contributed by atoms with Crippen molar-refractivity contribution in [2.75, 3.05) is 13.6 Å². The summed E-state index contributed by atoms with van der Waals surface area (Å²) in [6.07, 6.45) is 3.71. The fourth-order valence-corrected chi connectivity index (χ4v) is 1.72. The molecule has 106 valence electrons. The zero-order valence-electron chi connectivity index (χ0n) is 12.7. The molecule has 0 bridgehead atoms. The van der Waals surface area contributed by atoms with Gasteiger partial charge in [0, 0.05) is 19.7 Å². The van der Waals surface area contributed by atoms with Gasteiger partial charge < -0.3 is 4.90 Å². The second kappa shape index (κ2) is 6.91. The smallest absolute Gasteiger partial charge is 0.246 e. The second-order valence-electron chi connectivity index (χ2n) is 5.87. The average molecular weight is 270 g/mol. The molecule has 1 rings (SSSR count). The standard InChI is InChI=1S/C17H22N2O/c1-17(2,3)15-9-6-14(7-10-15)8-11-16(20)19(4)13-5-12-18/h6-11H,5,13H2,1-4H3/b11-8+. The van der Waals surface area contributed by atoms with Crippen LogP contribution in [0.4, 0.5) is 0 Å². The van der Waals surface area contributed by atoms with Crippen LogP contribution in [0.25, 0.3) is 6.08 Å². The minimum absolute atomic E-state index is 0.0832. The Hall–Kier alpha value is -2.08. The first-order valence-electron chi connectivity index (χ1n) is 6.75. The van der Waals surface area contributed by atoms with E-state index in [4.69, 9.17) is 5.26 Å². The molecule has 0 heterocycles. The molecule has 0 spiro atoms. The van der Waals surface area contributed by atoms with Crippen molar-refractivity contribution in [3.05, 3.63) is 41.5 Å². The molecule has 1 aromatic carbocycles. The van der Waals surface area contributed by atoms with Gasteiger partial charge in [0.05, 0.1) is 12.5 Å². The predicted molar refractivity (Wildman–Crippen MR) is 82.0 cm³/mol. The fraction of sp³-hybridized carbons (Fsp3) is 0.412. The lowest BCUT2D eigenvalue weighted by molar-refractivity contribution is -0.124. The number of nitriles is 1. The number of hydrogen-bond acceptors (Lipinski definition) is 2. The van der Waals surface area contributed by atoms with Crippen LogP contribution in [0, 0.1) is 11.3 Å². The van der Waals surface area contributed by atoms with E-state index in [1.54, 1.807) is 24.1 Å². The van der Waals surface area contributed by atoms with E-state index >= 15 is 0 Å². The molecule has 0 atom stereocenters. The number of rotatable bonds is 4. The van der Waals surface area contributed by atoms with Gasteiger partial charge in [0.1, 0.15) is 0 Å². The number of hydrogen-bond donors (Lipinski definition) is 0. The third kappa shape index (κ3) is 4.89. The van der Waals surface area contributed by atoms with E-state index in [0.717, 1.165) is 5.56 Å². The van der Waals surface area contributed by atoms with Gasteiger partial charge in [0.15, 0.2) is 0 Å². The summed E-state index contributed by atoms with van der Waals surface area (Å²) in [5.41, 5.74) is 2.41. The largest absolute Gasteiger partial charge is 0.341 e. The van der Waals surface area contributed by atoms with Gasteiger partial charge in [-0.3, -0.25) is 4.79 Å². The summed E-state index contributed by atoms with van der Waals surface area (Å²) in [6.45, 7) is 6.98. The van der Waals surface area contributed by atoms with E-state index < -0.39 is 0 Å². The summed E-state index contributed by atoms with van der Waals surface area (Å²) in [5.74, 6) is -0.0832. The van der Waals surface area contributed by atoms with Crippen LogP contribution in [0.5, 0.6) is 0 Å². The molecule has 0 unspecified atom stereocenters. The van der Waals surface area contributed by atoms with E-state index in [2.05, 4.69) is 32.9 Å². The molecule has 0 aromatic heterocycles. The van der Waals surface area contributed by atoms with Gasteiger partial charge in [0.25, 0.3) is 0 Å². The molecule has 0 radical (unpaired) electrons. The van der Waals surface area contributed by atoms with Crippen molar-refractivity contribution < 1.29 is 4.79 Å². The van der Waals surface area contributed by atoms with Crippen molar-refractivity contribution in [3.63, 3.8) is 0 Å². The molecular weight excluding hydrogens is 248 g/mol. The van der Waals surface area contributed by atoms with Crippen LogP contribution < -0.4 is 0 Å². The lowest BCUT2D eigenvalue weighted by Crippen LogP contribution is -2.25. The summed E-state index contributed by atoms with van der Waals surface area (Å²) in [4.78, 5) is 13.3. The molecule has 0 aliphatic rings. The zero-order chi connectivity index (χ0) is 15.2. The Balaban J connectivity index is 2.67. The van der Waals surface area contributed by atoms with Crippen LogP contribution in [0.2, 0.25) is 0 Å². The maximum Gasteiger partial charge on any atom is 0.246 e. The van der Waals surface area contributed by atoms with Crippen molar-refractivity contribution in [1.82, 2.24) is 4.90 Å². The van der Waals surface area contributed by atoms with Gasteiger partial charge in [-0.1, -0.05) is 45.0 Å². The second-order valence-corrected chi connectivity index (χ2v) is 5.87. The van der Waals surface area contributed by atoms with E-state index in [9.17, 15) is 4.79 Å². The Morgan fingerprint density at radius 2 is 1.90 bits per heavy atom. The summed E-state index contributed by atoms with van der Waals surface area (Å²) in [7, 11) is 1.70. The molecule has 1 aromatic rings. The number of carbonyl (C=O) groups excluding carboxylic acids is 1. The number of benzene rings is 1. The number of likely N-dealkylation sites (N-methyl/N-ethyl adjacent to an activating group) is 1. The number of nitrogens with zero attached hydrogens (tertiary/aromatic N) is 2. The van der Waals surface area contributed by atoms with Gasteiger partial charge in [-0.15, -0.1) is 0 Å². The van der Waals surface area contributed by atoms with Crippen molar-refractivity contribution in [3.8, 4) is 6.07 Å². The first-order chi connectivity index (χ1) is 9.34. The molecule has 0 aliphatic carbocycles. The molecule has 0 saturated carbocycles. The molecule has 0 N–H and O–H groups in total. The van der Waals surface area contributed by atoms with Crippen LogP contribution >= 0.6 is 0 Å². The summed E-state index contributed by atoms with van der Waals surface area (Å²) in [5, 5.41) is 8.49. The topological polar surface area (TPSA) is 44.1 Å². The van der Waals surface area contributed by atoms with E-state index in [1.807, 2.05) is 18.2 Å². The molecular formula is C17H22N2O. The minimum Gasteiger partial charge on any atom is -0.341 e. The lowest BCUT2D eigenvalue weighted by atomic mass is 9.87. The van der Waals surface area contributed by atoms with Gasteiger partial charge in [-0.2, -0.15) is 5.26 Å². The van der Waals surface area contributed by atoms with Gasteiger partial charge in [-0.05, 0) is 22.6 Å². The summed E-state index contributed by atoms with van der Waals surface area (Å²) >= 11 is 0. The normalized spacial score (nSPS) is 11.3.